The second-order valence-electron chi connectivity index (χ2n) is 4.88. The highest BCUT2D eigenvalue weighted by Crippen LogP contribution is 2.38. The smallest absolute Gasteiger partial charge is 0.0637 e. The molecule has 2 fully saturated rings. The highest BCUT2D eigenvalue weighted by Gasteiger charge is 2.39. The van der Waals surface area contributed by atoms with Gasteiger partial charge in [0.1, 0.15) is 0 Å². The van der Waals surface area contributed by atoms with Crippen LogP contribution in [0.1, 0.15) is 29.4 Å². The van der Waals surface area contributed by atoms with Gasteiger partial charge in [0.25, 0.3) is 0 Å². The van der Waals surface area contributed by atoms with E-state index in [1.807, 2.05) is 13.1 Å². The van der Waals surface area contributed by atoms with Crippen molar-refractivity contribution >= 4 is 0 Å². The van der Waals surface area contributed by atoms with Gasteiger partial charge in [-0.1, -0.05) is 0 Å². The number of rotatable bonds is 1. The van der Waals surface area contributed by atoms with E-state index in [9.17, 15) is 0 Å². The molecule has 0 amide bonds. The van der Waals surface area contributed by atoms with Crippen LogP contribution in [0.15, 0.2) is 6.20 Å². The maximum atomic E-state index is 4.68. The Kier molecular flexibility index (Phi) is 2.02. The van der Waals surface area contributed by atoms with Crippen LogP contribution < -0.4 is 0 Å². The molecule has 0 saturated carbocycles. The van der Waals surface area contributed by atoms with Gasteiger partial charge < -0.3 is 4.90 Å². The van der Waals surface area contributed by atoms with Crippen molar-refractivity contribution in [1.29, 1.82) is 0 Å². The lowest BCUT2D eigenvalue weighted by molar-refractivity contribution is 0.343. The van der Waals surface area contributed by atoms with E-state index in [1.165, 1.54) is 31.7 Å². The second-order valence-corrected chi connectivity index (χ2v) is 4.88. The molecule has 0 N–H and O–H groups in total. The van der Waals surface area contributed by atoms with Crippen molar-refractivity contribution in [2.75, 3.05) is 19.6 Å². The van der Waals surface area contributed by atoms with E-state index < -0.39 is 0 Å². The van der Waals surface area contributed by atoms with Crippen molar-refractivity contribution in [1.82, 2.24) is 14.9 Å². The molecule has 15 heavy (non-hydrogen) atoms. The molecule has 1 unspecified atom stereocenters. The zero-order valence-corrected chi connectivity index (χ0v) is 9.40. The summed E-state index contributed by atoms with van der Waals surface area (Å²) in [5.74, 6) is 1.48. The SMILES string of the molecule is Cc1ncc([C@@H]2CN3CC[C@@H]2C3)nc1C. The maximum Gasteiger partial charge on any atom is 0.0637 e. The molecule has 3 atom stereocenters. The Hall–Kier alpha value is -0.960. The molecule has 3 heteroatoms. The van der Waals surface area contributed by atoms with E-state index in [4.69, 9.17) is 0 Å². The zero-order valence-electron chi connectivity index (χ0n) is 9.40. The Labute approximate surface area is 90.5 Å². The fourth-order valence-corrected chi connectivity index (χ4v) is 2.86. The predicted molar refractivity (Wildman–Crippen MR) is 58.8 cm³/mol. The van der Waals surface area contributed by atoms with Crippen molar-refractivity contribution < 1.29 is 0 Å². The third kappa shape index (κ3) is 1.46. The Morgan fingerprint density at radius 1 is 1.27 bits per heavy atom. The van der Waals surface area contributed by atoms with Crippen molar-refractivity contribution in [3.63, 3.8) is 0 Å². The van der Waals surface area contributed by atoms with Gasteiger partial charge in [-0.05, 0) is 32.7 Å². The van der Waals surface area contributed by atoms with E-state index in [0.717, 1.165) is 17.3 Å². The van der Waals surface area contributed by atoms with Gasteiger partial charge in [-0.2, -0.15) is 0 Å². The molecule has 1 aromatic rings. The Bertz CT molecular complexity index is 388. The fraction of sp³-hybridized carbons (Fsp3) is 0.667. The lowest BCUT2D eigenvalue weighted by Gasteiger charge is -2.21. The van der Waals surface area contributed by atoms with Gasteiger partial charge in [-0.15, -0.1) is 0 Å². The maximum absolute atomic E-state index is 4.68. The van der Waals surface area contributed by atoms with Crippen LogP contribution in [0.4, 0.5) is 0 Å². The minimum atomic E-state index is 0.644. The molecule has 0 aliphatic carbocycles. The average Bonchev–Trinajstić information content (AvgIpc) is 2.83. The summed E-state index contributed by atoms with van der Waals surface area (Å²) >= 11 is 0. The number of aromatic nitrogens is 2. The van der Waals surface area contributed by atoms with E-state index >= 15 is 0 Å². The minimum absolute atomic E-state index is 0.644. The molecule has 0 radical (unpaired) electrons. The molecule has 2 aliphatic heterocycles. The number of nitrogens with zero attached hydrogens (tertiary/aromatic N) is 3. The Morgan fingerprint density at radius 3 is 2.73 bits per heavy atom. The average molecular weight is 203 g/mol. The first kappa shape index (κ1) is 9.28. The van der Waals surface area contributed by atoms with Crippen LogP contribution in [-0.2, 0) is 0 Å². The lowest BCUT2D eigenvalue weighted by Crippen LogP contribution is -2.23. The normalized spacial score (nSPS) is 33.6. The van der Waals surface area contributed by atoms with Crippen LogP contribution in [0.2, 0.25) is 0 Å². The first-order chi connectivity index (χ1) is 7.24. The van der Waals surface area contributed by atoms with Gasteiger partial charge in [0.15, 0.2) is 0 Å². The van der Waals surface area contributed by atoms with Crippen molar-refractivity contribution in [3.8, 4) is 0 Å². The molecule has 2 saturated heterocycles. The van der Waals surface area contributed by atoms with Gasteiger partial charge >= 0.3 is 0 Å². The van der Waals surface area contributed by atoms with Crippen LogP contribution in [-0.4, -0.2) is 34.5 Å². The number of fused-ring (bicyclic) bond motifs is 2. The van der Waals surface area contributed by atoms with E-state index in [-0.39, 0.29) is 0 Å². The summed E-state index contributed by atoms with van der Waals surface area (Å²) < 4.78 is 0. The van der Waals surface area contributed by atoms with E-state index in [1.54, 1.807) is 0 Å². The van der Waals surface area contributed by atoms with Crippen LogP contribution in [0, 0.1) is 19.8 Å². The van der Waals surface area contributed by atoms with Crippen molar-refractivity contribution in [3.05, 3.63) is 23.3 Å². The number of piperidine rings is 1. The number of hydrogen-bond acceptors (Lipinski definition) is 3. The van der Waals surface area contributed by atoms with Crippen LogP contribution in [0.5, 0.6) is 0 Å². The standard InChI is InChI=1S/C12H17N3/c1-8-9(2)14-12(5-13-8)11-7-15-4-3-10(11)6-15/h5,10-11H,3-4,6-7H2,1-2H3/t10-,11-/m1/s1. The first-order valence-electron chi connectivity index (χ1n) is 5.76. The molecule has 1 aromatic heterocycles. The zero-order chi connectivity index (χ0) is 10.4. The Morgan fingerprint density at radius 2 is 2.13 bits per heavy atom. The van der Waals surface area contributed by atoms with Gasteiger partial charge in [-0.25, -0.2) is 0 Å². The topological polar surface area (TPSA) is 29.0 Å². The molecular weight excluding hydrogens is 186 g/mol. The first-order valence-corrected chi connectivity index (χ1v) is 5.76. The second kappa shape index (κ2) is 3.27. The molecule has 80 valence electrons. The fourth-order valence-electron chi connectivity index (χ4n) is 2.86. The van der Waals surface area contributed by atoms with Crippen molar-refractivity contribution in [2.24, 2.45) is 5.92 Å². The molecule has 2 bridgehead atoms. The van der Waals surface area contributed by atoms with E-state index in [0.29, 0.717) is 5.92 Å². The van der Waals surface area contributed by atoms with Crippen LogP contribution in [0.25, 0.3) is 0 Å². The molecule has 3 heterocycles. The molecule has 0 spiro atoms. The molecule has 2 aliphatic rings. The summed E-state index contributed by atoms with van der Waals surface area (Å²) in [6, 6.07) is 0. The Balaban J connectivity index is 1.90. The summed E-state index contributed by atoms with van der Waals surface area (Å²) in [4.78, 5) is 11.7. The summed E-state index contributed by atoms with van der Waals surface area (Å²) in [6.07, 6.45) is 3.33. The van der Waals surface area contributed by atoms with Crippen LogP contribution in [0.3, 0.4) is 0 Å². The molecule has 0 aromatic carbocycles. The highest BCUT2D eigenvalue weighted by atomic mass is 15.2. The van der Waals surface area contributed by atoms with E-state index in [2.05, 4.69) is 21.8 Å². The predicted octanol–water partition coefficient (Wildman–Crippen LogP) is 1.51. The van der Waals surface area contributed by atoms with Gasteiger partial charge in [0.05, 0.1) is 17.1 Å². The van der Waals surface area contributed by atoms with Crippen LogP contribution >= 0.6 is 0 Å². The van der Waals surface area contributed by atoms with Gasteiger partial charge in [-0.3, -0.25) is 9.97 Å². The molecule has 3 nitrogen and oxygen atoms in total. The third-order valence-electron chi connectivity index (χ3n) is 3.92. The number of aryl methyl sites for hydroxylation is 2. The summed E-state index contributed by atoms with van der Waals surface area (Å²) in [6.45, 7) is 7.84. The number of hydrogen-bond donors (Lipinski definition) is 0. The summed E-state index contributed by atoms with van der Waals surface area (Å²) in [7, 11) is 0. The lowest BCUT2D eigenvalue weighted by atomic mass is 9.90. The summed E-state index contributed by atoms with van der Waals surface area (Å²) in [5.41, 5.74) is 3.36. The summed E-state index contributed by atoms with van der Waals surface area (Å²) in [5, 5.41) is 0. The van der Waals surface area contributed by atoms with Crippen molar-refractivity contribution in [2.45, 2.75) is 26.2 Å². The molecule has 3 rings (SSSR count). The molecular formula is C12H17N3. The largest absolute Gasteiger partial charge is 0.302 e. The minimum Gasteiger partial charge on any atom is -0.302 e. The monoisotopic (exact) mass is 203 g/mol. The quantitative estimate of drug-likeness (QED) is 0.693. The highest BCUT2D eigenvalue weighted by molar-refractivity contribution is 5.17. The van der Waals surface area contributed by atoms with Gasteiger partial charge in [0, 0.05) is 25.2 Å². The third-order valence-corrected chi connectivity index (χ3v) is 3.92. The van der Waals surface area contributed by atoms with Gasteiger partial charge in [0.2, 0.25) is 0 Å².